The van der Waals surface area contributed by atoms with Crippen molar-refractivity contribution in [2.24, 2.45) is 5.41 Å². The Morgan fingerprint density at radius 2 is 2.12 bits per heavy atom. The summed E-state index contributed by atoms with van der Waals surface area (Å²) in [4.78, 5) is 0. The zero-order chi connectivity index (χ0) is 12.5. The van der Waals surface area contributed by atoms with Gasteiger partial charge in [-0.05, 0) is 42.0 Å². The van der Waals surface area contributed by atoms with Gasteiger partial charge in [0.2, 0.25) is 0 Å². The fourth-order valence-electron chi connectivity index (χ4n) is 2.62. The molecule has 1 aliphatic rings. The van der Waals surface area contributed by atoms with Crippen LogP contribution in [0.5, 0.6) is 0 Å². The maximum atomic E-state index is 6.15. The van der Waals surface area contributed by atoms with Gasteiger partial charge < -0.3 is 5.32 Å². The standard InChI is InChI=1S/C14H19Cl2N/c1-14(2)7-3-4-13(14)17-9-10-8-11(15)5-6-12(10)16/h5-6,8,13,17H,3-4,7,9H2,1-2H3. The van der Waals surface area contributed by atoms with Crippen LogP contribution in [0.2, 0.25) is 10.0 Å². The van der Waals surface area contributed by atoms with E-state index >= 15 is 0 Å². The molecule has 1 unspecified atom stereocenters. The summed E-state index contributed by atoms with van der Waals surface area (Å²) < 4.78 is 0. The third kappa shape index (κ3) is 3.15. The zero-order valence-electron chi connectivity index (χ0n) is 10.4. The maximum absolute atomic E-state index is 6.15. The first kappa shape index (κ1) is 13.2. The molecule has 0 aliphatic heterocycles. The molecule has 1 N–H and O–H groups in total. The molecule has 1 aromatic carbocycles. The van der Waals surface area contributed by atoms with Crippen molar-refractivity contribution < 1.29 is 0 Å². The minimum atomic E-state index is 0.394. The van der Waals surface area contributed by atoms with E-state index in [0.717, 1.165) is 22.2 Å². The monoisotopic (exact) mass is 271 g/mol. The molecule has 0 heterocycles. The molecule has 1 aromatic rings. The summed E-state index contributed by atoms with van der Waals surface area (Å²) in [6.07, 6.45) is 3.87. The Bertz CT molecular complexity index is 401. The molecule has 0 amide bonds. The van der Waals surface area contributed by atoms with Gasteiger partial charge in [0, 0.05) is 22.6 Å². The van der Waals surface area contributed by atoms with Crippen LogP contribution in [0.3, 0.4) is 0 Å². The van der Waals surface area contributed by atoms with Crippen LogP contribution < -0.4 is 5.32 Å². The average Bonchev–Trinajstić information content (AvgIpc) is 2.59. The van der Waals surface area contributed by atoms with E-state index in [1.165, 1.54) is 19.3 Å². The van der Waals surface area contributed by atoms with Crippen molar-refractivity contribution in [1.29, 1.82) is 0 Å². The van der Waals surface area contributed by atoms with Gasteiger partial charge in [-0.25, -0.2) is 0 Å². The molecular weight excluding hydrogens is 253 g/mol. The Morgan fingerprint density at radius 1 is 1.35 bits per heavy atom. The predicted octanol–water partition coefficient (Wildman–Crippen LogP) is 4.66. The van der Waals surface area contributed by atoms with E-state index in [4.69, 9.17) is 23.2 Å². The van der Waals surface area contributed by atoms with Gasteiger partial charge in [-0.15, -0.1) is 0 Å². The van der Waals surface area contributed by atoms with Crippen LogP contribution in [0, 0.1) is 5.41 Å². The van der Waals surface area contributed by atoms with Gasteiger partial charge >= 0.3 is 0 Å². The highest BCUT2D eigenvalue weighted by Gasteiger charge is 2.33. The van der Waals surface area contributed by atoms with Gasteiger partial charge in [0.15, 0.2) is 0 Å². The molecule has 2 rings (SSSR count). The summed E-state index contributed by atoms with van der Waals surface area (Å²) in [5.41, 5.74) is 1.48. The smallest absolute Gasteiger partial charge is 0.0451 e. The lowest BCUT2D eigenvalue weighted by Gasteiger charge is -2.28. The first-order valence-corrected chi connectivity index (χ1v) is 6.92. The Labute approximate surface area is 114 Å². The van der Waals surface area contributed by atoms with Crippen molar-refractivity contribution >= 4 is 23.2 Å². The van der Waals surface area contributed by atoms with E-state index in [-0.39, 0.29) is 0 Å². The molecule has 17 heavy (non-hydrogen) atoms. The van der Waals surface area contributed by atoms with Crippen LogP contribution in [0.15, 0.2) is 18.2 Å². The van der Waals surface area contributed by atoms with E-state index in [2.05, 4.69) is 19.2 Å². The average molecular weight is 272 g/mol. The molecule has 1 saturated carbocycles. The Morgan fingerprint density at radius 3 is 2.76 bits per heavy atom. The molecule has 1 atom stereocenters. The third-order valence-electron chi connectivity index (χ3n) is 3.80. The van der Waals surface area contributed by atoms with Crippen molar-refractivity contribution in [3.8, 4) is 0 Å². The number of nitrogens with one attached hydrogen (secondary N) is 1. The lowest BCUT2D eigenvalue weighted by Crippen LogP contribution is -2.37. The van der Waals surface area contributed by atoms with Crippen LogP contribution in [0.1, 0.15) is 38.7 Å². The van der Waals surface area contributed by atoms with Crippen molar-refractivity contribution in [3.63, 3.8) is 0 Å². The quantitative estimate of drug-likeness (QED) is 0.843. The van der Waals surface area contributed by atoms with Crippen LogP contribution in [-0.4, -0.2) is 6.04 Å². The molecule has 94 valence electrons. The summed E-state index contributed by atoms with van der Waals surface area (Å²) in [5.74, 6) is 0. The van der Waals surface area contributed by atoms with Crippen LogP contribution >= 0.6 is 23.2 Å². The van der Waals surface area contributed by atoms with Crippen LogP contribution in [-0.2, 0) is 6.54 Å². The summed E-state index contributed by atoms with van der Waals surface area (Å²) >= 11 is 12.1. The van der Waals surface area contributed by atoms with Gasteiger partial charge in [0.05, 0.1) is 0 Å². The largest absolute Gasteiger partial charge is 0.309 e. The first-order chi connectivity index (χ1) is 7.99. The van der Waals surface area contributed by atoms with Crippen molar-refractivity contribution in [2.75, 3.05) is 0 Å². The second kappa shape index (κ2) is 5.17. The highest BCUT2D eigenvalue weighted by atomic mass is 35.5. The lowest BCUT2D eigenvalue weighted by atomic mass is 9.87. The molecule has 0 radical (unpaired) electrons. The molecule has 1 aliphatic carbocycles. The Hall–Kier alpha value is -0.240. The van der Waals surface area contributed by atoms with Crippen LogP contribution in [0.25, 0.3) is 0 Å². The number of hydrogen-bond donors (Lipinski definition) is 1. The normalized spacial score (nSPS) is 22.9. The van der Waals surface area contributed by atoms with E-state index in [1.807, 2.05) is 18.2 Å². The summed E-state index contributed by atoms with van der Waals surface area (Å²) in [7, 11) is 0. The highest BCUT2D eigenvalue weighted by Crippen LogP contribution is 2.37. The first-order valence-electron chi connectivity index (χ1n) is 6.16. The molecule has 1 fully saturated rings. The van der Waals surface area contributed by atoms with Gasteiger partial charge in [0.25, 0.3) is 0 Å². The molecule has 1 nitrogen and oxygen atoms in total. The molecule has 0 spiro atoms. The van der Waals surface area contributed by atoms with E-state index in [1.54, 1.807) is 0 Å². The van der Waals surface area contributed by atoms with Crippen LogP contribution in [0.4, 0.5) is 0 Å². The number of halogens is 2. The number of rotatable bonds is 3. The molecule has 3 heteroatoms. The van der Waals surface area contributed by atoms with Gasteiger partial charge in [0.1, 0.15) is 0 Å². The second-order valence-electron chi connectivity index (χ2n) is 5.55. The summed E-state index contributed by atoms with van der Waals surface area (Å²) in [6.45, 7) is 5.46. The number of hydrogen-bond acceptors (Lipinski definition) is 1. The van der Waals surface area contributed by atoms with Gasteiger partial charge in [-0.1, -0.05) is 43.5 Å². The van der Waals surface area contributed by atoms with E-state index in [9.17, 15) is 0 Å². The highest BCUT2D eigenvalue weighted by molar-refractivity contribution is 6.33. The summed E-state index contributed by atoms with van der Waals surface area (Å²) in [5, 5.41) is 5.15. The fraction of sp³-hybridized carbons (Fsp3) is 0.571. The van der Waals surface area contributed by atoms with E-state index < -0.39 is 0 Å². The topological polar surface area (TPSA) is 12.0 Å². The van der Waals surface area contributed by atoms with E-state index in [0.29, 0.717) is 11.5 Å². The zero-order valence-corrected chi connectivity index (χ0v) is 11.9. The Kier molecular flexibility index (Phi) is 4.02. The second-order valence-corrected chi connectivity index (χ2v) is 6.39. The van der Waals surface area contributed by atoms with Crippen molar-refractivity contribution in [3.05, 3.63) is 33.8 Å². The molecular formula is C14H19Cl2N. The molecule has 0 saturated heterocycles. The van der Waals surface area contributed by atoms with Crippen molar-refractivity contribution in [1.82, 2.24) is 5.32 Å². The van der Waals surface area contributed by atoms with Gasteiger partial charge in [-0.3, -0.25) is 0 Å². The SMILES string of the molecule is CC1(C)CCCC1NCc1cc(Cl)ccc1Cl. The molecule has 0 aromatic heterocycles. The maximum Gasteiger partial charge on any atom is 0.0451 e. The van der Waals surface area contributed by atoms with Gasteiger partial charge in [-0.2, -0.15) is 0 Å². The third-order valence-corrected chi connectivity index (χ3v) is 4.41. The number of benzene rings is 1. The fourth-order valence-corrected chi connectivity index (χ4v) is 3.00. The molecule has 0 bridgehead atoms. The predicted molar refractivity (Wildman–Crippen MR) is 74.7 cm³/mol. The minimum Gasteiger partial charge on any atom is -0.309 e. The summed E-state index contributed by atoms with van der Waals surface area (Å²) in [6, 6.07) is 6.21. The lowest BCUT2D eigenvalue weighted by molar-refractivity contribution is 0.282. The minimum absolute atomic E-state index is 0.394. The Balaban J connectivity index is 2.00. The van der Waals surface area contributed by atoms with Crippen molar-refractivity contribution in [2.45, 2.75) is 45.7 Å².